The lowest BCUT2D eigenvalue weighted by molar-refractivity contribution is -0.385. The number of hydrogen-bond acceptors (Lipinski definition) is 10. The third-order valence-electron chi connectivity index (χ3n) is 8.09. The standard InChI is InChI=1S/C32H20N2O10S2/c35-33(36)19-9-13-21(14-10-19)45(39,40)43-27-17-18-28(44-46(41,42)22-15-11-20(12-16-22)34(37)38)32-30-24-6-2-1-5-23(24)29(31(27)32)25-7-3-4-8-26(25)30/h1-18,29-30H. The van der Waals surface area contributed by atoms with Crippen LogP contribution in [0, 0.1) is 20.2 Å². The first-order valence-electron chi connectivity index (χ1n) is 13.7. The normalized spacial score (nSPS) is 16.1. The van der Waals surface area contributed by atoms with E-state index in [1.54, 1.807) is 0 Å². The van der Waals surface area contributed by atoms with Gasteiger partial charge in [0.1, 0.15) is 21.3 Å². The molecule has 3 aliphatic carbocycles. The molecule has 0 saturated carbocycles. The summed E-state index contributed by atoms with van der Waals surface area (Å²) in [5, 5.41) is 22.2. The molecule has 46 heavy (non-hydrogen) atoms. The first kappa shape index (κ1) is 29.1. The molecule has 0 atom stereocenters. The monoisotopic (exact) mass is 656 g/mol. The fourth-order valence-corrected chi connectivity index (χ4v) is 8.06. The first-order valence-corrected chi connectivity index (χ1v) is 16.5. The topological polar surface area (TPSA) is 173 Å². The number of nitrogens with zero attached hydrogens (tertiary/aromatic N) is 2. The average molecular weight is 657 g/mol. The second kappa shape index (κ2) is 10.5. The van der Waals surface area contributed by atoms with Gasteiger partial charge < -0.3 is 8.37 Å². The lowest BCUT2D eigenvalue weighted by atomic mass is 9.61. The van der Waals surface area contributed by atoms with Crippen molar-refractivity contribution in [1.29, 1.82) is 0 Å². The van der Waals surface area contributed by atoms with E-state index in [2.05, 4.69) is 0 Å². The molecule has 0 aliphatic heterocycles. The van der Waals surface area contributed by atoms with Crippen molar-refractivity contribution in [1.82, 2.24) is 0 Å². The molecule has 0 fully saturated rings. The summed E-state index contributed by atoms with van der Waals surface area (Å²) in [7, 11) is -9.00. The van der Waals surface area contributed by atoms with Crippen LogP contribution >= 0.6 is 0 Å². The summed E-state index contributed by atoms with van der Waals surface area (Å²) in [5.74, 6) is -1.24. The van der Waals surface area contributed by atoms with Crippen molar-refractivity contribution in [3.05, 3.63) is 163 Å². The number of rotatable bonds is 8. The van der Waals surface area contributed by atoms with Crippen LogP contribution in [-0.2, 0) is 20.2 Å². The molecule has 0 spiro atoms. The maximum Gasteiger partial charge on any atom is 0.339 e. The van der Waals surface area contributed by atoms with Gasteiger partial charge in [-0.2, -0.15) is 16.8 Å². The minimum absolute atomic E-state index is 0.0626. The highest BCUT2D eigenvalue weighted by Crippen LogP contribution is 2.60. The summed E-state index contributed by atoms with van der Waals surface area (Å²) in [6.45, 7) is 0. The Morgan fingerprint density at radius 1 is 0.478 bits per heavy atom. The Balaban J connectivity index is 1.39. The largest absolute Gasteiger partial charge is 0.379 e. The number of non-ortho nitro benzene ring substituents is 2. The van der Waals surface area contributed by atoms with Crippen molar-refractivity contribution in [2.75, 3.05) is 0 Å². The molecule has 0 amide bonds. The van der Waals surface area contributed by atoms with E-state index in [0.29, 0.717) is 11.1 Å². The molecule has 0 unspecified atom stereocenters. The number of hydrogen-bond donors (Lipinski definition) is 0. The lowest BCUT2D eigenvalue weighted by Gasteiger charge is -2.43. The van der Waals surface area contributed by atoms with Crippen molar-refractivity contribution in [3.8, 4) is 11.5 Å². The molecule has 12 nitrogen and oxygen atoms in total. The molecule has 0 saturated heterocycles. The van der Waals surface area contributed by atoms with Crippen molar-refractivity contribution < 1.29 is 35.0 Å². The molecule has 14 heteroatoms. The molecular formula is C32H20N2O10S2. The van der Waals surface area contributed by atoms with Crippen LogP contribution in [0.5, 0.6) is 11.5 Å². The zero-order chi connectivity index (χ0) is 32.4. The lowest BCUT2D eigenvalue weighted by Crippen LogP contribution is -2.29. The molecular weight excluding hydrogens is 636 g/mol. The Morgan fingerprint density at radius 2 is 0.783 bits per heavy atom. The fraction of sp³-hybridized carbons (Fsp3) is 0.0625. The second-order valence-corrected chi connectivity index (χ2v) is 13.7. The zero-order valence-corrected chi connectivity index (χ0v) is 25.0. The van der Waals surface area contributed by atoms with Gasteiger partial charge in [-0.15, -0.1) is 0 Å². The highest BCUT2D eigenvalue weighted by Gasteiger charge is 2.45. The fourth-order valence-electron chi connectivity index (χ4n) is 6.17. The van der Waals surface area contributed by atoms with Crippen LogP contribution < -0.4 is 8.37 Å². The minimum atomic E-state index is -4.50. The summed E-state index contributed by atoms with van der Waals surface area (Å²) in [4.78, 5) is 20.3. The molecule has 5 aromatic carbocycles. The van der Waals surface area contributed by atoms with Gasteiger partial charge in [0.2, 0.25) is 0 Å². The van der Waals surface area contributed by atoms with E-state index < -0.39 is 41.9 Å². The SMILES string of the molecule is O=[N+]([O-])c1ccc(S(=O)(=O)Oc2ccc(OS(=O)(=O)c3ccc([N+](=O)[O-])cc3)c3c2C2c4ccccc4C3c3ccccc32)cc1. The quantitative estimate of drug-likeness (QED) is 0.107. The van der Waals surface area contributed by atoms with E-state index in [-0.39, 0.29) is 32.7 Å². The van der Waals surface area contributed by atoms with Crippen LogP contribution in [0.4, 0.5) is 11.4 Å². The number of nitro groups is 2. The Kier molecular flexibility index (Phi) is 6.65. The van der Waals surface area contributed by atoms with Gasteiger partial charge >= 0.3 is 20.2 Å². The summed E-state index contributed by atoms with van der Waals surface area (Å²) in [6.07, 6.45) is 0. The summed E-state index contributed by atoms with van der Waals surface area (Å²) >= 11 is 0. The smallest absolute Gasteiger partial charge is 0.339 e. The van der Waals surface area contributed by atoms with Gasteiger partial charge in [0.05, 0.1) is 9.85 Å². The molecule has 3 aliphatic rings. The molecule has 230 valence electrons. The van der Waals surface area contributed by atoms with Gasteiger partial charge in [0.15, 0.2) is 0 Å². The van der Waals surface area contributed by atoms with E-state index in [0.717, 1.165) is 70.8 Å². The molecule has 0 heterocycles. The Morgan fingerprint density at radius 3 is 1.07 bits per heavy atom. The molecule has 0 N–H and O–H groups in total. The summed E-state index contributed by atoms with van der Waals surface area (Å²) in [5.41, 5.74) is 3.72. The third-order valence-corrected chi connectivity index (χ3v) is 10.6. The summed E-state index contributed by atoms with van der Waals surface area (Å²) < 4.78 is 65.3. The predicted octanol–water partition coefficient (Wildman–Crippen LogP) is 6.03. The van der Waals surface area contributed by atoms with E-state index >= 15 is 0 Å². The van der Waals surface area contributed by atoms with E-state index in [4.69, 9.17) is 8.37 Å². The number of nitro benzene ring substituents is 2. The average Bonchev–Trinajstić information content (AvgIpc) is 3.05. The van der Waals surface area contributed by atoms with Crippen LogP contribution in [0.2, 0.25) is 0 Å². The summed E-state index contributed by atoms with van der Waals surface area (Å²) in [6, 6.07) is 26.2. The van der Waals surface area contributed by atoms with E-state index in [9.17, 15) is 37.1 Å². The molecule has 0 radical (unpaired) electrons. The van der Waals surface area contributed by atoms with Crippen LogP contribution in [-0.4, -0.2) is 26.7 Å². The molecule has 8 rings (SSSR count). The maximum atomic E-state index is 13.5. The van der Waals surface area contributed by atoms with Gasteiger partial charge in [-0.3, -0.25) is 20.2 Å². The zero-order valence-electron chi connectivity index (χ0n) is 23.3. The van der Waals surface area contributed by atoms with Crippen LogP contribution in [0.15, 0.2) is 119 Å². The van der Waals surface area contributed by atoms with Crippen molar-refractivity contribution in [2.24, 2.45) is 0 Å². The van der Waals surface area contributed by atoms with Crippen molar-refractivity contribution in [3.63, 3.8) is 0 Å². The van der Waals surface area contributed by atoms with Crippen LogP contribution in [0.3, 0.4) is 0 Å². The minimum Gasteiger partial charge on any atom is -0.379 e. The van der Waals surface area contributed by atoms with Crippen LogP contribution in [0.25, 0.3) is 0 Å². The predicted molar refractivity (Wildman–Crippen MR) is 163 cm³/mol. The van der Waals surface area contributed by atoms with Gasteiger partial charge in [-0.05, 0) is 58.7 Å². The van der Waals surface area contributed by atoms with Gasteiger partial charge in [-0.1, -0.05) is 48.5 Å². The van der Waals surface area contributed by atoms with Crippen LogP contribution in [0.1, 0.15) is 45.2 Å². The third kappa shape index (κ3) is 4.66. The molecule has 5 aromatic rings. The second-order valence-electron chi connectivity index (χ2n) is 10.6. The first-order chi connectivity index (χ1) is 22.0. The van der Waals surface area contributed by atoms with E-state index in [1.165, 1.54) is 12.1 Å². The highest BCUT2D eigenvalue weighted by atomic mass is 32.2. The maximum absolute atomic E-state index is 13.5. The van der Waals surface area contributed by atoms with Gasteiger partial charge in [0, 0.05) is 47.2 Å². The Labute approximate surface area is 262 Å². The van der Waals surface area contributed by atoms with E-state index in [1.807, 2.05) is 48.5 Å². The molecule has 2 bridgehead atoms. The highest BCUT2D eigenvalue weighted by molar-refractivity contribution is 7.87. The van der Waals surface area contributed by atoms with Crippen molar-refractivity contribution in [2.45, 2.75) is 21.6 Å². The van der Waals surface area contributed by atoms with Crippen molar-refractivity contribution >= 4 is 31.6 Å². The Hall–Kier alpha value is -5.60. The van der Waals surface area contributed by atoms with Gasteiger partial charge in [0.25, 0.3) is 11.4 Å². The Bertz CT molecular complexity index is 2090. The molecule has 0 aromatic heterocycles. The number of benzene rings is 5. The van der Waals surface area contributed by atoms with Gasteiger partial charge in [-0.25, -0.2) is 0 Å².